The lowest BCUT2D eigenvalue weighted by atomic mass is 10.1. The highest BCUT2D eigenvalue weighted by molar-refractivity contribution is 6.23. The third kappa shape index (κ3) is 2.52. The number of hydrogen-bond acceptors (Lipinski definition) is 9. The standard InChI is InChI=1S/C14H7N5O9/c15-11-9-5(12(21)16-13(9)22)3-8(20)17(11)10-6(14(23)24)1-4(18(25)26)2-7(10)19(27)28/h1-3H,15H2,(H,23,24)(H,16,21,22). The number of nitrogens with zero attached hydrogens (tertiary/aromatic N) is 3. The lowest BCUT2D eigenvalue weighted by Crippen LogP contribution is -2.26. The summed E-state index contributed by atoms with van der Waals surface area (Å²) in [5.74, 6) is -4.47. The summed E-state index contributed by atoms with van der Waals surface area (Å²) in [4.78, 5) is 67.8. The summed E-state index contributed by atoms with van der Waals surface area (Å²) in [5.41, 5.74) is -0.134. The molecule has 1 aromatic carbocycles. The maximum absolute atomic E-state index is 12.5. The molecule has 28 heavy (non-hydrogen) atoms. The maximum Gasteiger partial charge on any atom is 0.338 e. The zero-order valence-corrected chi connectivity index (χ0v) is 13.4. The van der Waals surface area contributed by atoms with E-state index in [9.17, 15) is 44.5 Å². The quantitative estimate of drug-likeness (QED) is 0.355. The second kappa shape index (κ2) is 5.97. The molecule has 0 unspecified atom stereocenters. The van der Waals surface area contributed by atoms with E-state index in [2.05, 4.69) is 0 Å². The van der Waals surface area contributed by atoms with Crippen molar-refractivity contribution in [1.82, 2.24) is 9.88 Å². The van der Waals surface area contributed by atoms with E-state index in [0.717, 1.165) is 0 Å². The first-order chi connectivity index (χ1) is 13.0. The van der Waals surface area contributed by atoms with Crippen LogP contribution in [-0.4, -0.2) is 37.3 Å². The molecule has 0 saturated heterocycles. The van der Waals surface area contributed by atoms with E-state index < -0.39 is 67.2 Å². The zero-order valence-electron chi connectivity index (χ0n) is 13.4. The Morgan fingerprint density at radius 3 is 2.25 bits per heavy atom. The number of carbonyl (C=O) groups is 3. The number of amides is 2. The second-order valence-electron chi connectivity index (χ2n) is 5.46. The molecule has 142 valence electrons. The van der Waals surface area contributed by atoms with Crippen molar-refractivity contribution in [2.75, 3.05) is 5.73 Å². The minimum absolute atomic E-state index is 0.350. The van der Waals surface area contributed by atoms with Crippen LogP contribution in [0, 0.1) is 20.2 Å². The summed E-state index contributed by atoms with van der Waals surface area (Å²) in [7, 11) is 0. The van der Waals surface area contributed by atoms with Crippen LogP contribution in [0.5, 0.6) is 0 Å². The van der Waals surface area contributed by atoms with Gasteiger partial charge in [0.15, 0.2) is 0 Å². The van der Waals surface area contributed by atoms with Crippen molar-refractivity contribution in [2.45, 2.75) is 0 Å². The summed E-state index contributed by atoms with van der Waals surface area (Å²) in [6.45, 7) is 0. The Labute approximate surface area is 152 Å². The lowest BCUT2D eigenvalue weighted by molar-refractivity contribution is -0.394. The Kier molecular flexibility index (Phi) is 3.88. The summed E-state index contributed by atoms with van der Waals surface area (Å²) in [6.07, 6.45) is 0. The fourth-order valence-corrected chi connectivity index (χ4v) is 2.76. The Balaban J connectivity index is 2.51. The smallest absolute Gasteiger partial charge is 0.338 e. The first-order valence-corrected chi connectivity index (χ1v) is 7.16. The minimum atomic E-state index is -1.82. The van der Waals surface area contributed by atoms with Gasteiger partial charge in [0.05, 0.1) is 32.6 Å². The van der Waals surface area contributed by atoms with Crippen LogP contribution in [0.4, 0.5) is 17.2 Å². The molecule has 4 N–H and O–H groups in total. The van der Waals surface area contributed by atoms with Crippen molar-refractivity contribution in [3.05, 3.63) is 65.5 Å². The third-order valence-corrected chi connectivity index (χ3v) is 3.89. The molecule has 2 amide bonds. The molecule has 14 heteroatoms. The molecule has 0 radical (unpaired) electrons. The van der Waals surface area contributed by atoms with Crippen LogP contribution >= 0.6 is 0 Å². The average Bonchev–Trinajstić information content (AvgIpc) is 2.87. The van der Waals surface area contributed by atoms with Gasteiger partial charge in [-0.25, -0.2) is 4.79 Å². The van der Waals surface area contributed by atoms with Crippen LogP contribution in [0.3, 0.4) is 0 Å². The first-order valence-electron chi connectivity index (χ1n) is 7.16. The highest BCUT2D eigenvalue weighted by Gasteiger charge is 2.35. The molecule has 1 aliphatic heterocycles. The number of nitro benzene ring substituents is 2. The monoisotopic (exact) mass is 389 g/mol. The van der Waals surface area contributed by atoms with Crippen molar-refractivity contribution in [3.63, 3.8) is 0 Å². The number of pyridine rings is 1. The molecule has 14 nitrogen and oxygen atoms in total. The highest BCUT2D eigenvalue weighted by Crippen LogP contribution is 2.34. The molecule has 1 aromatic heterocycles. The van der Waals surface area contributed by atoms with Gasteiger partial charge in [0.2, 0.25) is 0 Å². The first kappa shape index (κ1) is 18.2. The molecule has 3 rings (SSSR count). The van der Waals surface area contributed by atoms with Gasteiger partial charge in [0.1, 0.15) is 11.5 Å². The summed E-state index contributed by atoms with van der Waals surface area (Å²) < 4.78 is 0.350. The third-order valence-electron chi connectivity index (χ3n) is 3.89. The number of rotatable bonds is 4. The predicted molar refractivity (Wildman–Crippen MR) is 88.5 cm³/mol. The fraction of sp³-hybridized carbons (Fsp3) is 0. The number of carboxylic acid groups (broad SMARTS) is 1. The SMILES string of the molecule is Nc1c2c(cc(=O)n1-c1c(C(=O)O)cc([N+](=O)[O-])cc1[N+](=O)[O-])C(=O)NC2=O. The van der Waals surface area contributed by atoms with Crippen LogP contribution < -0.4 is 16.6 Å². The average molecular weight is 389 g/mol. The molecular formula is C14H7N5O9. The van der Waals surface area contributed by atoms with Gasteiger partial charge in [-0.1, -0.05) is 0 Å². The number of nitro groups is 2. The largest absolute Gasteiger partial charge is 0.478 e. The molecule has 2 aromatic rings. The lowest BCUT2D eigenvalue weighted by Gasteiger charge is -2.14. The predicted octanol–water partition coefficient (Wildman–Crippen LogP) is -0.182. The van der Waals surface area contributed by atoms with Gasteiger partial charge in [-0.2, -0.15) is 0 Å². The maximum atomic E-state index is 12.5. The number of aromatic nitrogens is 1. The van der Waals surface area contributed by atoms with E-state index in [4.69, 9.17) is 5.73 Å². The number of non-ortho nitro benzene ring substituents is 1. The van der Waals surface area contributed by atoms with Crippen molar-refractivity contribution in [1.29, 1.82) is 0 Å². The van der Waals surface area contributed by atoms with Crippen LogP contribution in [0.2, 0.25) is 0 Å². The van der Waals surface area contributed by atoms with Gasteiger partial charge in [-0.05, 0) is 0 Å². The zero-order chi connectivity index (χ0) is 20.9. The van der Waals surface area contributed by atoms with Crippen molar-refractivity contribution in [3.8, 4) is 5.69 Å². The normalized spacial score (nSPS) is 12.4. The topological polar surface area (TPSA) is 218 Å². The molecule has 0 fully saturated rings. The molecule has 1 aliphatic rings. The number of nitrogens with one attached hydrogen (secondary N) is 1. The van der Waals surface area contributed by atoms with Gasteiger partial charge in [-0.3, -0.25) is 44.5 Å². The van der Waals surface area contributed by atoms with Gasteiger partial charge >= 0.3 is 11.7 Å². The highest BCUT2D eigenvalue weighted by atomic mass is 16.6. The van der Waals surface area contributed by atoms with E-state index >= 15 is 0 Å². The molecule has 0 spiro atoms. The van der Waals surface area contributed by atoms with Gasteiger partial charge in [0, 0.05) is 12.1 Å². The Morgan fingerprint density at radius 1 is 1.07 bits per heavy atom. The number of aromatic carboxylic acids is 1. The molecule has 0 saturated carbocycles. The second-order valence-corrected chi connectivity index (χ2v) is 5.46. The van der Waals surface area contributed by atoms with Crippen molar-refractivity contribution < 1.29 is 29.3 Å². The van der Waals surface area contributed by atoms with Crippen LogP contribution in [0.15, 0.2) is 23.0 Å². The Morgan fingerprint density at radius 2 is 1.71 bits per heavy atom. The van der Waals surface area contributed by atoms with Crippen LogP contribution in [0.25, 0.3) is 5.69 Å². The number of nitrogens with two attached hydrogens (primary N) is 1. The summed E-state index contributed by atoms with van der Waals surface area (Å²) in [6, 6.07) is 1.61. The fourth-order valence-electron chi connectivity index (χ4n) is 2.76. The van der Waals surface area contributed by atoms with Gasteiger partial charge in [0.25, 0.3) is 23.1 Å². The number of hydrogen-bond donors (Lipinski definition) is 3. The van der Waals surface area contributed by atoms with Crippen LogP contribution in [-0.2, 0) is 0 Å². The molecule has 2 heterocycles. The summed E-state index contributed by atoms with van der Waals surface area (Å²) in [5, 5.41) is 33.6. The van der Waals surface area contributed by atoms with Crippen molar-refractivity contribution in [2.24, 2.45) is 0 Å². The minimum Gasteiger partial charge on any atom is -0.478 e. The number of benzene rings is 1. The molecule has 0 aliphatic carbocycles. The van der Waals surface area contributed by atoms with Gasteiger partial charge < -0.3 is 10.8 Å². The number of carboxylic acids is 1. The molecule has 0 bridgehead atoms. The number of fused-ring (bicyclic) bond motifs is 1. The summed E-state index contributed by atoms with van der Waals surface area (Å²) >= 11 is 0. The van der Waals surface area contributed by atoms with Gasteiger partial charge in [-0.15, -0.1) is 0 Å². The Hall–Kier alpha value is -4.62. The van der Waals surface area contributed by atoms with E-state index in [1.54, 1.807) is 0 Å². The number of anilines is 1. The molecular weight excluding hydrogens is 382 g/mol. The number of nitrogen functional groups attached to an aromatic ring is 1. The van der Waals surface area contributed by atoms with Crippen LogP contribution in [0.1, 0.15) is 31.1 Å². The van der Waals surface area contributed by atoms with E-state index in [-0.39, 0.29) is 5.56 Å². The van der Waals surface area contributed by atoms with E-state index in [1.165, 1.54) is 0 Å². The number of imide groups is 1. The number of carbonyl (C=O) groups excluding carboxylic acids is 2. The van der Waals surface area contributed by atoms with E-state index in [1.807, 2.05) is 5.32 Å². The van der Waals surface area contributed by atoms with E-state index in [0.29, 0.717) is 22.8 Å². The van der Waals surface area contributed by atoms with Crippen molar-refractivity contribution >= 4 is 35.0 Å². The molecule has 0 atom stereocenters. The Bertz CT molecular complexity index is 1160.